The predicted octanol–water partition coefficient (Wildman–Crippen LogP) is 3.76. The van der Waals surface area contributed by atoms with Gasteiger partial charge in [-0.1, -0.05) is 0 Å². The number of nitrogens with one attached hydrogen (secondary N) is 1. The maximum atomic E-state index is 14.8. The highest BCUT2D eigenvalue weighted by Gasteiger charge is 2.58. The minimum absolute atomic E-state index is 0.0361. The van der Waals surface area contributed by atoms with E-state index in [2.05, 4.69) is 0 Å². The molecule has 5 aliphatic carbocycles. The van der Waals surface area contributed by atoms with E-state index in [1.807, 2.05) is 11.8 Å². The van der Waals surface area contributed by atoms with Crippen LogP contribution in [0.4, 0.5) is 4.39 Å². The number of ether oxygens (including phenoxy) is 2. The van der Waals surface area contributed by atoms with Gasteiger partial charge in [0.1, 0.15) is 11.6 Å². The van der Waals surface area contributed by atoms with Gasteiger partial charge in [0.05, 0.1) is 24.0 Å². The van der Waals surface area contributed by atoms with Crippen molar-refractivity contribution in [2.24, 2.45) is 17.3 Å². The van der Waals surface area contributed by atoms with Crippen LogP contribution < -0.4 is 9.46 Å². The Kier molecular flexibility index (Phi) is 4.90. The van der Waals surface area contributed by atoms with Crippen LogP contribution in [0.1, 0.15) is 73.2 Å². The van der Waals surface area contributed by atoms with Crippen LogP contribution in [0, 0.1) is 23.1 Å². The third-order valence-electron chi connectivity index (χ3n) is 7.73. The minimum atomic E-state index is -3.77. The topological polar surface area (TPSA) is 81.7 Å². The molecule has 0 heterocycles. The number of hydrogen-bond donors (Lipinski definition) is 1. The van der Waals surface area contributed by atoms with Gasteiger partial charge >= 0.3 is 0 Å². The molecular formula is C23H30FNO5S. The molecule has 8 heteroatoms. The summed E-state index contributed by atoms with van der Waals surface area (Å²) >= 11 is 0. The summed E-state index contributed by atoms with van der Waals surface area (Å²) in [6.07, 6.45) is 9.57. The first-order valence-corrected chi connectivity index (χ1v) is 13.0. The number of hydrogen-bond acceptors (Lipinski definition) is 5. The van der Waals surface area contributed by atoms with Gasteiger partial charge in [0, 0.05) is 18.6 Å². The average molecular weight is 452 g/mol. The Balaban J connectivity index is 1.39. The lowest BCUT2D eigenvalue weighted by atomic mass is 9.48. The quantitative estimate of drug-likeness (QED) is 0.683. The van der Waals surface area contributed by atoms with Crippen molar-refractivity contribution in [3.05, 3.63) is 29.1 Å². The molecule has 1 aromatic rings. The molecular weight excluding hydrogens is 421 g/mol. The molecule has 1 aromatic carbocycles. The molecule has 5 fully saturated rings. The fraction of sp³-hybridized carbons (Fsp3) is 0.696. The number of benzene rings is 1. The first-order valence-electron chi connectivity index (χ1n) is 11.1. The van der Waals surface area contributed by atoms with Crippen molar-refractivity contribution in [1.29, 1.82) is 0 Å². The second kappa shape index (κ2) is 7.17. The molecule has 5 saturated carbocycles. The molecule has 0 spiro atoms. The van der Waals surface area contributed by atoms with E-state index in [9.17, 15) is 17.6 Å². The molecule has 1 amide bonds. The molecule has 0 saturated heterocycles. The highest BCUT2D eigenvalue weighted by molar-refractivity contribution is 7.89. The Labute approximate surface area is 182 Å². The van der Waals surface area contributed by atoms with Gasteiger partial charge in [-0.25, -0.2) is 17.5 Å². The zero-order valence-corrected chi connectivity index (χ0v) is 18.9. The Morgan fingerprint density at radius 1 is 1.19 bits per heavy atom. The molecule has 0 radical (unpaired) electrons. The van der Waals surface area contributed by atoms with Gasteiger partial charge in [0.15, 0.2) is 0 Å². The lowest BCUT2D eigenvalue weighted by molar-refractivity contribution is -0.187. The largest absolute Gasteiger partial charge is 0.493 e. The Morgan fingerprint density at radius 2 is 1.87 bits per heavy atom. The molecule has 1 N–H and O–H groups in total. The van der Waals surface area contributed by atoms with Crippen molar-refractivity contribution in [3.8, 4) is 5.75 Å². The summed E-state index contributed by atoms with van der Waals surface area (Å²) in [5.41, 5.74) is 0.564. The third kappa shape index (κ3) is 4.09. The third-order valence-corrected chi connectivity index (χ3v) is 8.29. The number of sulfonamides is 1. The molecule has 2 unspecified atom stereocenters. The van der Waals surface area contributed by atoms with E-state index in [0.717, 1.165) is 56.8 Å². The molecule has 2 atom stereocenters. The molecule has 31 heavy (non-hydrogen) atoms. The Hall–Kier alpha value is -1.67. The van der Waals surface area contributed by atoms with Crippen LogP contribution in [0.3, 0.4) is 0 Å². The van der Waals surface area contributed by atoms with Gasteiger partial charge in [-0.3, -0.25) is 4.79 Å². The van der Waals surface area contributed by atoms with Crippen LogP contribution >= 0.6 is 0 Å². The van der Waals surface area contributed by atoms with E-state index in [4.69, 9.17) is 9.47 Å². The summed E-state index contributed by atoms with van der Waals surface area (Å²) in [4.78, 5) is 12.3. The predicted molar refractivity (Wildman–Crippen MR) is 113 cm³/mol. The van der Waals surface area contributed by atoms with Crippen LogP contribution in [0.25, 0.3) is 0 Å². The monoisotopic (exact) mass is 451 g/mol. The highest BCUT2D eigenvalue weighted by atomic mass is 32.2. The zero-order valence-electron chi connectivity index (χ0n) is 18.1. The zero-order chi connectivity index (χ0) is 22.0. The smallest absolute Gasteiger partial charge is 0.267 e. The standard InChI is InChI=1S/C23H30FNO5S/c1-29-23-10-14-5-15(11-23)9-22(8-14,12-23)13-30-20-7-19(24)18(6-17(20)16-3-4-16)21(26)25-31(2,27)28/h6-7,14-16H,3-5,8-13H2,1-2H3,(H,25,26). The second-order valence-electron chi connectivity index (χ2n) is 10.5. The molecule has 170 valence electrons. The van der Waals surface area contributed by atoms with Gasteiger partial charge in [-0.2, -0.15) is 0 Å². The van der Waals surface area contributed by atoms with Crippen molar-refractivity contribution in [2.75, 3.05) is 20.0 Å². The number of methoxy groups -OCH3 is 1. The Bertz CT molecular complexity index is 1010. The summed E-state index contributed by atoms with van der Waals surface area (Å²) < 4.78 is 51.7. The van der Waals surface area contributed by atoms with Crippen molar-refractivity contribution in [2.45, 2.75) is 62.9 Å². The summed E-state index contributed by atoms with van der Waals surface area (Å²) in [6.45, 7) is 0.527. The average Bonchev–Trinajstić information content (AvgIpc) is 3.49. The van der Waals surface area contributed by atoms with Crippen LogP contribution in [0.5, 0.6) is 5.75 Å². The van der Waals surface area contributed by atoms with Crippen LogP contribution in [0.2, 0.25) is 0 Å². The van der Waals surface area contributed by atoms with E-state index in [1.165, 1.54) is 18.6 Å². The Morgan fingerprint density at radius 3 is 2.45 bits per heavy atom. The van der Waals surface area contributed by atoms with Crippen LogP contribution in [-0.4, -0.2) is 39.9 Å². The lowest BCUT2D eigenvalue weighted by Gasteiger charge is -2.61. The lowest BCUT2D eigenvalue weighted by Crippen LogP contribution is -2.58. The number of carbonyl (C=O) groups excluding carboxylic acids is 1. The number of rotatable bonds is 7. The fourth-order valence-electron chi connectivity index (χ4n) is 6.81. The van der Waals surface area contributed by atoms with Gasteiger partial charge in [-0.05, 0) is 80.8 Å². The van der Waals surface area contributed by atoms with Crippen molar-refractivity contribution < 1.29 is 27.1 Å². The normalized spacial score (nSPS) is 34.0. The van der Waals surface area contributed by atoms with Gasteiger partial charge in [0.2, 0.25) is 10.0 Å². The number of carbonyl (C=O) groups is 1. The molecule has 5 aliphatic rings. The molecule has 6 rings (SSSR count). The van der Waals surface area contributed by atoms with Crippen molar-refractivity contribution >= 4 is 15.9 Å². The minimum Gasteiger partial charge on any atom is -0.493 e. The highest BCUT2D eigenvalue weighted by Crippen LogP contribution is 2.62. The fourth-order valence-corrected chi connectivity index (χ4v) is 7.26. The van der Waals surface area contributed by atoms with E-state index < -0.39 is 21.7 Å². The van der Waals surface area contributed by atoms with Crippen LogP contribution in [-0.2, 0) is 14.8 Å². The second-order valence-corrected chi connectivity index (χ2v) is 12.2. The summed E-state index contributed by atoms with van der Waals surface area (Å²) in [7, 11) is -1.95. The molecule has 4 bridgehead atoms. The maximum Gasteiger partial charge on any atom is 0.267 e. The molecule has 0 aromatic heterocycles. The van der Waals surface area contributed by atoms with E-state index >= 15 is 0 Å². The molecule has 6 nitrogen and oxygen atoms in total. The van der Waals surface area contributed by atoms with Gasteiger partial charge in [0.25, 0.3) is 5.91 Å². The first-order chi connectivity index (χ1) is 14.6. The summed E-state index contributed by atoms with van der Waals surface area (Å²) in [5.74, 6) is 0.342. The van der Waals surface area contributed by atoms with E-state index in [-0.39, 0.29) is 22.5 Å². The van der Waals surface area contributed by atoms with Crippen molar-refractivity contribution in [1.82, 2.24) is 4.72 Å². The summed E-state index contributed by atoms with van der Waals surface area (Å²) in [5, 5.41) is 0. The number of amides is 1. The molecule has 0 aliphatic heterocycles. The van der Waals surface area contributed by atoms with E-state index in [1.54, 1.807) is 0 Å². The van der Waals surface area contributed by atoms with Crippen LogP contribution in [0.15, 0.2) is 12.1 Å². The van der Waals surface area contributed by atoms with Gasteiger partial charge < -0.3 is 9.47 Å². The van der Waals surface area contributed by atoms with E-state index in [0.29, 0.717) is 24.2 Å². The summed E-state index contributed by atoms with van der Waals surface area (Å²) in [6, 6.07) is 2.73. The first kappa shape index (κ1) is 21.2. The van der Waals surface area contributed by atoms with Gasteiger partial charge in [-0.15, -0.1) is 0 Å². The maximum absolute atomic E-state index is 14.8. The van der Waals surface area contributed by atoms with Crippen molar-refractivity contribution in [3.63, 3.8) is 0 Å². The number of halogens is 1. The SMILES string of the molecule is COC12CC3CC(CC(COc4cc(F)c(C(=O)NS(C)(=O)=O)cc4C4CC4)(C3)C1)C2.